The molecule has 0 aliphatic carbocycles. The van der Waals surface area contributed by atoms with Crippen molar-refractivity contribution in [1.82, 2.24) is 19.7 Å². The summed E-state index contributed by atoms with van der Waals surface area (Å²) < 4.78 is 12.7. The molecule has 0 fully saturated rings. The minimum Gasteiger partial charge on any atom is -0.467 e. The van der Waals surface area contributed by atoms with Gasteiger partial charge in [0.1, 0.15) is 24.0 Å². The van der Waals surface area contributed by atoms with Gasteiger partial charge in [-0.25, -0.2) is 0 Å². The number of aryl methyl sites for hydroxylation is 1. The molecule has 0 unspecified atom stereocenters. The van der Waals surface area contributed by atoms with Crippen LogP contribution in [0.2, 0.25) is 0 Å². The molecule has 1 atom stereocenters. The van der Waals surface area contributed by atoms with E-state index in [4.69, 9.17) is 9.15 Å². The Morgan fingerprint density at radius 3 is 3.14 bits per heavy atom. The average molecular weight is 292 g/mol. The smallest absolute Gasteiger partial charge is 0.147 e. The van der Waals surface area contributed by atoms with Gasteiger partial charge in [0.2, 0.25) is 0 Å². The summed E-state index contributed by atoms with van der Waals surface area (Å²) in [6.45, 7) is 5.69. The van der Waals surface area contributed by atoms with Gasteiger partial charge in [0.05, 0.1) is 25.5 Å². The van der Waals surface area contributed by atoms with Crippen molar-refractivity contribution in [1.29, 1.82) is 0 Å². The van der Waals surface area contributed by atoms with E-state index < -0.39 is 6.10 Å². The van der Waals surface area contributed by atoms with Crippen LogP contribution in [0.4, 0.5) is 0 Å². The van der Waals surface area contributed by atoms with E-state index in [9.17, 15) is 5.11 Å². The van der Waals surface area contributed by atoms with Crippen molar-refractivity contribution in [2.75, 3.05) is 19.7 Å². The lowest BCUT2D eigenvalue weighted by atomic mass is 10.3. The Hall–Kier alpha value is -1.70. The van der Waals surface area contributed by atoms with Crippen molar-refractivity contribution in [3.05, 3.63) is 35.8 Å². The molecule has 3 rings (SSSR count). The molecule has 0 aromatic carbocycles. The van der Waals surface area contributed by atoms with E-state index in [2.05, 4.69) is 19.7 Å². The van der Waals surface area contributed by atoms with Crippen molar-refractivity contribution < 1.29 is 14.3 Å². The van der Waals surface area contributed by atoms with Gasteiger partial charge in [-0.2, -0.15) is 0 Å². The van der Waals surface area contributed by atoms with Crippen molar-refractivity contribution in [3.8, 4) is 0 Å². The maximum Gasteiger partial charge on any atom is 0.147 e. The Morgan fingerprint density at radius 2 is 2.33 bits per heavy atom. The van der Waals surface area contributed by atoms with E-state index in [-0.39, 0.29) is 0 Å². The van der Waals surface area contributed by atoms with Crippen molar-refractivity contribution in [2.45, 2.75) is 32.7 Å². The Bertz CT molecular complexity index is 567. The number of hydrogen-bond donors (Lipinski definition) is 1. The van der Waals surface area contributed by atoms with Crippen LogP contribution in [0.25, 0.3) is 0 Å². The van der Waals surface area contributed by atoms with Crippen LogP contribution >= 0.6 is 0 Å². The number of aromatic nitrogens is 3. The van der Waals surface area contributed by atoms with E-state index in [0.29, 0.717) is 19.8 Å². The van der Waals surface area contributed by atoms with Gasteiger partial charge >= 0.3 is 0 Å². The Labute approximate surface area is 123 Å². The van der Waals surface area contributed by atoms with Gasteiger partial charge in [0.25, 0.3) is 0 Å². The number of aliphatic hydroxyl groups is 1. The minimum atomic E-state index is -0.518. The lowest BCUT2D eigenvalue weighted by Gasteiger charge is -2.29. The SMILES string of the molecule is Cc1nnc2n1CCN(C[C@@H](O)COCc1ccco1)C2. The van der Waals surface area contributed by atoms with E-state index in [1.807, 2.05) is 19.1 Å². The molecule has 1 N–H and O–H groups in total. The minimum absolute atomic E-state index is 0.295. The second-order valence-electron chi connectivity index (χ2n) is 5.30. The van der Waals surface area contributed by atoms with Crippen LogP contribution in [0.1, 0.15) is 17.4 Å². The number of hydrogen-bond acceptors (Lipinski definition) is 6. The molecule has 2 aromatic heterocycles. The number of β-amino-alcohol motifs (C(OH)–C–C–N with tert-alkyl or cyclic N) is 1. The maximum absolute atomic E-state index is 10.0. The third kappa shape index (κ3) is 3.49. The zero-order chi connectivity index (χ0) is 14.7. The predicted molar refractivity (Wildman–Crippen MR) is 74.4 cm³/mol. The summed E-state index contributed by atoms with van der Waals surface area (Å²) in [5, 5.41) is 18.3. The number of aliphatic hydroxyl groups excluding tert-OH is 1. The fraction of sp³-hybridized carbons (Fsp3) is 0.571. The van der Waals surface area contributed by atoms with Crippen molar-refractivity contribution >= 4 is 0 Å². The molecule has 0 amide bonds. The lowest BCUT2D eigenvalue weighted by Crippen LogP contribution is -2.40. The van der Waals surface area contributed by atoms with Crippen LogP contribution in [0, 0.1) is 6.92 Å². The van der Waals surface area contributed by atoms with Crippen molar-refractivity contribution in [3.63, 3.8) is 0 Å². The molecule has 114 valence electrons. The third-order valence-electron chi connectivity index (χ3n) is 3.62. The van der Waals surface area contributed by atoms with Gasteiger partial charge in [-0.15, -0.1) is 10.2 Å². The van der Waals surface area contributed by atoms with Gasteiger partial charge in [-0.3, -0.25) is 4.90 Å². The largest absolute Gasteiger partial charge is 0.467 e. The molecule has 1 aliphatic heterocycles. The molecular formula is C14H20N4O3. The molecule has 0 saturated heterocycles. The quantitative estimate of drug-likeness (QED) is 0.839. The highest BCUT2D eigenvalue weighted by molar-refractivity contribution is 4.97. The summed E-state index contributed by atoms with van der Waals surface area (Å²) in [4.78, 5) is 2.17. The van der Waals surface area contributed by atoms with E-state index >= 15 is 0 Å². The first-order valence-electron chi connectivity index (χ1n) is 7.11. The van der Waals surface area contributed by atoms with E-state index in [1.165, 1.54) is 0 Å². The molecule has 21 heavy (non-hydrogen) atoms. The predicted octanol–water partition coefficient (Wildman–Crippen LogP) is 0.573. The van der Waals surface area contributed by atoms with Gasteiger partial charge in [0.15, 0.2) is 0 Å². The third-order valence-corrected chi connectivity index (χ3v) is 3.62. The summed E-state index contributed by atoms with van der Waals surface area (Å²) in [6, 6.07) is 3.67. The van der Waals surface area contributed by atoms with E-state index in [0.717, 1.165) is 37.0 Å². The van der Waals surface area contributed by atoms with Crippen LogP contribution in [0.15, 0.2) is 22.8 Å². The first-order chi connectivity index (χ1) is 10.2. The molecule has 7 nitrogen and oxygen atoms in total. The lowest BCUT2D eigenvalue weighted by molar-refractivity contribution is 0.000935. The molecule has 0 spiro atoms. The van der Waals surface area contributed by atoms with Gasteiger partial charge < -0.3 is 18.8 Å². The molecule has 2 aromatic rings. The highest BCUT2D eigenvalue weighted by Gasteiger charge is 2.21. The second kappa shape index (κ2) is 6.38. The van der Waals surface area contributed by atoms with Crippen molar-refractivity contribution in [2.24, 2.45) is 0 Å². The van der Waals surface area contributed by atoms with Crippen LogP contribution in [0.5, 0.6) is 0 Å². The van der Waals surface area contributed by atoms with Crippen LogP contribution < -0.4 is 0 Å². The summed E-state index contributed by atoms with van der Waals surface area (Å²) in [5.41, 5.74) is 0. The normalized spacial score (nSPS) is 16.9. The fourth-order valence-corrected chi connectivity index (χ4v) is 2.55. The summed E-state index contributed by atoms with van der Waals surface area (Å²) in [7, 11) is 0. The van der Waals surface area contributed by atoms with Crippen LogP contribution in [-0.4, -0.2) is 50.6 Å². The monoisotopic (exact) mass is 292 g/mol. The van der Waals surface area contributed by atoms with E-state index in [1.54, 1.807) is 6.26 Å². The summed E-state index contributed by atoms with van der Waals surface area (Å²) in [5.74, 6) is 2.68. The number of ether oxygens (including phenoxy) is 1. The van der Waals surface area contributed by atoms with Gasteiger partial charge in [-0.05, 0) is 19.1 Å². The molecule has 7 heteroatoms. The molecular weight excluding hydrogens is 272 g/mol. The Morgan fingerprint density at radius 1 is 1.43 bits per heavy atom. The van der Waals surface area contributed by atoms with Gasteiger partial charge in [0, 0.05) is 19.6 Å². The standard InChI is InChI=1S/C14H20N4O3/c1-11-15-16-14-8-17(4-5-18(11)14)7-12(19)9-20-10-13-3-2-6-21-13/h2-3,6,12,19H,4-5,7-10H2,1H3/t12-/m1/s1. The first kappa shape index (κ1) is 14.2. The Kier molecular flexibility index (Phi) is 4.33. The van der Waals surface area contributed by atoms with Crippen LogP contribution in [0.3, 0.4) is 0 Å². The second-order valence-corrected chi connectivity index (χ2v) is 5.30. The summed E-state index contributed by atoms with van der Waals surface area (Å²) in [6.07, 6.45) is 1.09. The topological polar surface area (TPSA) is 76.6 Å². The molecule has 0 bridgehead atoms. The molecule has 1 aliphatic rings. The zero-order valence-electron chi connectivity index (χ0n) is 12.1. The van der Waals surface area contributed by atoms with Gasteiger partial charge in [-0.1, -0.05) is 0 Å². The number of rotatable bonds is 6. The number of nitrogens with zero attached hydrogens (tertiary/aromatic N) is 4. The number of furan rings is 1. The zero-order valence-corrected chi connectivity index (χ0v) is 12.1. The number of fused-ring (bicyclic) bond motifs is 1. The average Bonchev–Trinajstić information content (AvgIpc) is 3.09. The van der Waals surface area contributed by atoms with Crippen LogP contribution in [-0.2, 0) is 24.4 Å². The molecule has 0 radical (unpaired) electrons. The summed E-state index contributed by atoms with van der Waals surface area (Å²) >= 11 is 0. The fourth-order valence-electron chi connectivity index (χ4n) is 2.55. The molecule has 0 saturated carbocycles. The highest BCUT2D eigenvalue weighted by atomic mass is 16.5. The Balaban J connectivity index is 1.42. The molecule has 3 heterocycles. The first-order valence-corrected chi connectivity index (χ1v) is 7.11. The highest BCUT2D eigenvalue weighted by Crippen LogP contribution is 2.12. The maximum atomic E-state index is 10.0.